The maximum Gasteiger partial charge on any atom is 0.308 e. The summed E-state index contributed by atoms with van der Waals surface area (Å²) in [5, 5.41) is 16.5. The summed E-state index contributed by atoms with van der Waals surface area (Å²) in [4.78, 5) is 21.9. The number of ether oxygens (including phenoxy) is 1. The van der Waals surface area contributed by atoms with Gasteiger partial charge in [-0.15, -0.1) is 0 Å². The van der Waals surface area contributed by atoms with Crippen LogP contribution in [0.2, 0.25) is 0 Å². The first kappa shape index (κ1) is 11.2. The number of rotatable bonds is 2. The number of nitrogens with zero attached hydrogens (tertiary/aromatic N) is 1. The molecule has 0 unspecified atom stereocenters. The Kier molecular flexibility index (Phi) is 3.37. The summed E-state index contributed by atoms with van der Waals surface area (Å²) >= 11 is 0. The van der Waals surface area contributed by atoms with Gasteiger partial charge in [0.2, 0.25) is 0 Å². The van der Waals surface area contributed by atoms with Gasteiger partial charge in [0, 0.05) is 6.92 Å². The first-order valence-electron chi connectivity index (χ1n) is 4.02. The standard InChI is InChI=1S/C9H9NO5/c1-6(11)15-8-5-3-2-4-7(8)9(12)10(13)14/h2-5,13-14H,1H3. The van der Waals surface area contributed by atoms with Crippen LogP contribution in [0.4, 0.5) is 0 Å². The van der Waals surface area contributed by atoms with E-state index in [-0.39, 0.29) is 11.3 Å². The minimum Gasteiger partial charge on any atom is -0.426 e. The van der Waals surface area contributed by atoms with E-state index in [0.29, 0.717) is 0 Å². The minimum atomic E-state index is -1.08. The van der Waals surface area contributed by atoms with Crippen LogP contribution in [-0.2, 0) is 4.79 Å². The Balaban J connectivity index is 3.06. The normalized spacial score (nSPS) is 9.53. The zero-order chi connectivity index (χ0) is 11.4. The van der Waals surface area contributed by atoms with Crippen molar-refractivity contribution in [2.45, 2.75) is 6.92 Å². The van der Waals surface area contributed by atoms with E-state index in [1.165, 1.54) is 25.1 Å². The van der Waals surface area contributed by atoms with Crippen LogP contribution in [0.3, 0.4) is 0 Å². The van der Waals surface area contributed by atoms with E-state index in [9.17, 15) is 9.59 Å². The number of hydrogen-bond donors (Lipinski definition) is 2. The first-order valence-corrected chi connectivity index (χ1v) is 4.02. The van der Waals surface area contributed by atoms with E-state index < -0.39 is 17.1 Å². The molecule has 2 N–H and O–H groups in total. The Morgan fingerprint density at radius 1 is 1.27 bits per heavy atom. The monoisotopic (exact) mass is 211 g/mol. The van der Waals surface area contributed by atoms with Gasteiger partial charge in [-0.3, -0.25) is 20.0 Å². The van der Waals surface area contributed by atoms with E-state index in [2.05, 4.69) is 0 Å². The van der Waals surface area contributed by atoms with Gasteiger partial charge in [0.05, 0.1) is 5.56 Å². The van der Waals surface area contributed by atoms with Crippen molar-refractivity contribution < 1.29 is 24.7 Å². The Morgan fingerprint density at radius 3 is 2.40 bits per heavy atom. The van der Waals surface area contributed by atoms with Crippen molar-refractivity contribution in [2.24, 2.45) is 0 Å². The number of amides is 1. The van der Waals surface area contributed by atoms with Crippen LogP contribution in [0.15, 0.2) is 24.3 Å². The predicted octanol–water partition coefficient (Wildman–Crippen LogP) is 0.833. The number of para-hydroxylation sites is 1. The van der Waals surface area contributed by atoms with Crippen molar-refractivity contribution in [3.8, 4) is 5.75 Å². The summed E-state index contributed by atoms with van der Waals surface area (Å²) in [6.07, 6.45) is 0. The molecule has 15 heavy (non-hydrogen) atoms. The van der Waals surface area contributed by atoms with Crippen molar-refractivity contribution in [3.05, 3.63) is 29.8 Å². The molecule has 0 saturated carbocycles. The van der Waals surface area contributed by atoms with Gasteiger partial charge in [-0.2, -0.15) is 0 Å². The quantitative estimate of drug-likeness (QED) is 0.327. The molecule has 80 valence electrons. The van der Waals surface area contributed by atoms with Gasteiger partial charge in [-0.25, -0.2) is 0 Å². The highest BCUT2D eigenvalue weighted by molar-refractivity contribution is 5.96. The third kappa shape index (κ3) is 2.76. The van der Waals surface area contributed by atoms with Crippen molar-refractivity contribution in [1.82, 2.24) is 5.23 Å². The summed E-state index contributed by atoms with van der Waals surface area (Å²) in [5.41, 5.74) is -0.113. The molecule has 1 rings (SSSR count). The summed E-state index contributed by atoms with van der Waals surface area (Å²) in [6.45, 7) is 1.18. The van der Waals surface area contributed by atoms with E-state index in [1.807, 2.05) is 0 Å². The third-order valence-electron chi connectivity index (χ3n) is 1.55. The first-order chi connectivity index (χ1) is 7.02. The molecule has 6 nitrogen and oxygen atoms in total. The molecule has 0 aliphatic carbocycles. The Hall–Kier alpha value is -1.92. The second-order valence-electron chi connectivity index (χ2n) is 2.68. The summed E-state index contributed by atoms with van der Waals surface area (Å²) in [6, 6.07) is 5.73. The molecule has 0 aromatic heterocycles. The lowest BCUT2D eigenvalue weighted by Gasteiger charge is -2.09. The Labute approximate surface area is 85.2 Å². The number of carbonyl (C=O) groups excluding carboxylic acids is 2. The fourth-order valence-corrected chi connectivity index (χ4v) is 0.995. The molecule has 0 spiro atoms. The number of benzene rings is 1. The number of esters is 1. The molecule has 0 bridgehead atoms. The summed E-state index contributed by atoms with van der Waals surface area (Å²) < 4.78 is 4.71. The molecule has 0 aliphatic rings. The van der Waals surface area contributed by atoms with Crippen molar-refractivity contribution in [2.75, 3.05) is 0 Å². The highest BCUT2D eigenvalue weighted by Gasteiger charge is 2.17. The van der Waals surface area contributed by atoms with Gasteiger partial charge in [0.25, 0.3) is 0 Å². The second kappa shape index (κ2) is 4.54. The Bertz CT molecular complexity index is 388. The fraction of sp³-hybridized carbons (Fsp3) is 0.111. The molecule has 0 radical (unpaired) electrons. The fourth-order valence-electron chi connectivity index (χ4n) is 0.995. The molecule has 0 atom stereocenters. The van der Waals surface area contributed by atoms with Crippen LogP contribution < -0.4 is 4.74 Å². The molecule has 0 fully saturated rings. The van der Waals surface area contributed by atoms with Crippen LogP contribution in [0, 0.1) is 0 Å². The Morgan fingerprint density at radius 2 is 1.87 bits per heavy atom. The second-order valence-corrected chi connectivity index (χ2v) is 2.68. The van der Waals surface area contributed by atoms with Gasteiger partial charge < -0.3 is 4.74 Å². The van der Waals surface area contributed by atoms with Crippen LogP contribution >= 0.6 is 0 Å². The molecule has 1 aromatic rings. The average molecular weight is 211 g/mol. The number of hydroxylamine groups is 2. The van der Waals surface area contributed by atoms with Gasteiger partial charge >= 0.3 is 11.9 Å². The van der Waals surface area contributed by atoms with E-state index in [1.54, 1.807) is 6.07 Å². The SMILES string of the molecule is CC(=O)Oc1ccccc1C(=O)N(O)O. The van der Waals surface area contributed by atoms with Crippen molar-refractivity contribution in [3.63, 3.8) is 0 Å². The molecular weight excluding hydrogens is 202 g/mol. The largest absolute Gasteiger partial charge is 0.426 e. The molecule has 6 heteroatoms. The van der Waals surface area contributed by atoms with E-state index in [4.69, 9.17) is 15.2 Å². The van der Waals surface area contributed by atoms with Gasteiger partial charge in [-0.1, -0.05) is 17.4 Å². The lowest BCUT2D eigenvalue weighted by Crippen LogP contribution is -2.24. The third-order valence-corrected chi connectivity index (χ3v) is 1.55. The lowest BCUT2D eigenvalue weighted by molar-refractivity contribution is -0.260. The molecule has 1 amide bonds. The molecule has 0 saturated heterocycles. The predicted molar refractivity (Wildman–Crippen MR) is 47.5 cm³/mol. The smallest absolute Gasteiger partial charge is 0.308 e. The highest BCUT2D eigenvalue weighted by atomic mass is 16.8. The van der Waals surface area contributed by atoms with E-state index >= 15 is 0 Å². The molecular formula is C9H9NO5. The zero-order valence-corrected chi connectivity index (χ0v) is 7.88. The molecule has 0 heterocycles. The van der Waals surface area contributed by atoms with Gasteiger partial charge in [-0.05, 0) is 12.1 Å². The number of carbonyl (C=O) groups is 2. The van der Waals surface area contributed by atoms with Crippen LogP contribution in [0.1, 0.15) is 17.3 Å². The topological polar surface area (TPSA) is 87.1 Å². The summed E-state index contributed by atoms with van der Waals surface area (Å²) in [7, 11) is 0. The zero-order valence-electron chi connectivity index (χ0n) is 7.88. The van der Waals surface area contributed by atoms with Crippen LogP contribution in [0.5, 0.6) is 5.75 Å². The van der Waals surface area contributed by atoms with Gasteiger partial charge in [0.15, 0.2) is 0 Å². The minimum absolute atomic E-state index is 0.0249. The summed E-state index contributed by atoms with van der Waals surface area (Å²) in [5.74, 6) is -1.70. The van der Waals surface area contributed by atoms with Crippen molar-refractivity contribution >= 4 is 11.9 Å². The number of hydrogen-bond acceptors (Lipinski definition) is 5. The molecule has 1 aromatic carbocycles. The molecule has 0 aliphatic heterocycles. The van der Waals surface area contributed by atoms with E-state index in [0.717, 1.165) is 0 Å². The highest BCUT2D eigenvalue weighted by Crippen LogP contribution is 2.19. The maximum absolute atomic E-state index is 11.2. The van der Waals surface area contributed by atoms with Crippen LogP contribution in [-0.4, -0.2) is 27.5 Å². The average Bonchev–Trinajstić information content (AvgIpc) is 2.16. The van der Waals surface area contributed by atoms with Gasteiger partial charge in [0.1, 0.15) is 5.75 Å². The van der Waals surface area contributed by atoms with Crippen molar-refractivity contribution in [1.29, 1.82) is 0 Å². The maximum atomic E-state index is 11.2. The van der Waals surface area contributed by atoms with Crippen LogP contribution in [0.25, 0.3) is 0 Å². The lowest BCUT2D eigenvalue weighted by atomic mass is 10.2.